The zero-order valence-corrected chi connectivity index (χ0v) is 12.3. The minimum Gasteiger partial charge on any atom is -0.493 e. The lowest BCUT2D eigenvalue weighted by Gasteiger charge is -2.12. The molecule has 0 N–H and O–H groups in total. The van der Waals surface area contributed by atoms with E-state index in [9.17, 15) is 4.79 Å². The molecule has 0 aliphatic rings. The Bertz CT molecular complexity index is 614. The van der Waals surface area contributed by atoms with Crippen LogP contribution in [-0.2, 0) is 0 Å². The lowest BCUT2D eigenvalue weighted by molar-refractivity contribution is 0.104. The molecule has 0 saturated heterocycles. The summed E-state index contributed by atoms with van der Waals surface area (Å²) in [6.45, 7) is 3.85. The average Bonchev–Trinajstić information content (AvgIpc) is 2.83. The highest BCUT2D eigenvalue weighted by Crippen LogP contribution is 2.32. The molecular weight excluding hydrogens is 260 g/mol. The van der Waals surface area contributed by atoms with Crippen LogP contribution in [0.2, 0.25) is 0 Å². The van der Waals surface area contributed by atoms with Gasteiger partial charge < -0.3 is 9.47 Å². The van der Waals surface area contributed by atoms with E-state index in [4.69, 9.17) is 9.47 Å². The Morgan fingerprint density at radius 1 is 1.05 bits per heavy atom. The topological polar surface area (TPSA) is 35.5 Å². The Balaban J connectivity index is 2.51. The van der Waals surface area contributed by atoms with Gasteiger partial charge in [-0.2, -0.15) is 0 Å². The first kappa shape index (κ1) is 13.6. The number of hydrogen-bond acceptors (Lipinski definition) is 4. The van der Waals surface area contributed by atoms with Crippen molar-refractivity contribution in [2.24, 2.45) is 0 Å². The number of carbonyl (C=O) groups excluding carboxylic acids is 1. The van der Waals surface area contributed by atoms with Crippen LogP contribution in [0.15, 0.2) is 23.6 Å². The van der Waals surface area contributed by atoms with E-state index in [1.165, 1.54) is 11.3 Å². The zero-order chi connectivity index (χ0) is 14.0. The van der Waals surface area contributed by atoms with Crippen molar-refractivity contribution in [1.82, 2.24) is 0 Å². The molecule has 0 saturated carbocycles. The minimum atomic E-state index is 0.0333. The Hall–Kier alpha value is -1.81. The highest BCUT2D eigenvalue weighted by atomic mass is 32.1. The third-order valence-electron chi connectivity index (χ3n) is 3.04. The maximum Gasteiger partial charge on any atom is 0.203 e. The fourth-order valence-electron chi connectivity index (χ4n) is 1.95. The molecule has 0 fully saturated rings. The Labute approximate surface area is 116 Å². The molecule has 0 aliphatic heterocycles. The summed E-state index contributed by atoms with van der Waals surface area (Å²) < 4.78 is 10.5. The van der Waals surface area contributed by atoms with Crippen molar-refractivity contribution in [2.75, 3.05) is 14.2 Å². The summed E-state index contributed by atoms with van der Waals surface area (Å²) in [7, 11) is 3.15. The molecule has 3 nitrogen and oxygen atoms in total. The van der Waals surface area contributed by atoms with Gasteiger partial charge in [-0.1, -0.05) is 0 Å². The van der Waals surface area contributed by atoms with Crippen LogP contribution >= 0.6 is 11.3 Å². The monoisotopic (exact) mass is 276 g/mol. The lowest BCUT2D eigenvalue weighted by Crippen LogP contribution is -2.04. The number of aryl methyl sites for hydroxylation is 2. The van der Waals surface area contributed by atoms with Gasteiger partial charge in [-0.15, -0.1) is 11.3 Å². The van der Waals surface area contributed by atoms with Crippen LogP contribution in [0.3, 0.4) is 0 Å². The number of carbonyl (C=O) groups is 1. The number of hydrogen-bond donors (Lipinski definition) is 0. The molecule has 1 aromatic carbocycles. The van der Waals surface area contributed by atoms with Gasteiger partial charge in [-0.05, 0) is 48.6 Å². The molecule has 0 unspecified atom stereocenters. The second-order valence-electron chi connectivity index (χ2n) is 4.28. The first-order valence-electron chi connectivity index (χ1n) is 5.90. The second-order valence-corrected chi connectivity index (χ2v) is 5.20. The fourth-order valence-corrected chi connectivity index (χ4v) is 2.83. The lowest BCUT2D eigenvalue weighted by atomic mass is 10.0. The summed E-state index contributed by atoms with van der Waals surface area (Å²) >= 11 is 1.46. The van der Waals surface area contributed by atoms with Gasteiger partial charge >= 0.3 is 0 Å². The van der Waals surface area contributed by atoms with Crippen molar-refractivity contribution < 1.29 is 14.3 Å². The summed E-state index contributed by atoms with van der Waals surface area (Å²) in [6, 6.07) is 5.53. The van der Waals surface area contributed by atoms with Gasteiger partial charge in [0.15, 0.2) is 11.5 Å². The van der Waals surface area contributed by atoms with Crippen LogP contribution in [0.5, 0.6) is 11.5 Å². The summed E-state index contributed by atoms with van der Waals surface area (Å²) in [5.74, 6) is 1.25. The maximum atomic E-state index is 12.5. The quantitative estimate of drug-likeness (QED) is 0.800. The smallest absolute Gasteiger partial charge is 0.203 e. The summed E-state index contributed by atoms with van der Waals surface area (Å²) in [5, 5.41) is 1.93. The van der Waals surface area contributed by atoms with Crippen molar-refractivity contribution in [3.8, 4) is 11.5 Å². The molecule has 0 atom stereocenters. The van der Waals surface area contributed by atoms with E-state index in [1.54, 1.807) is 20.3 Å². The molecule has 4 heteroatoms. The number of methoxy groups -OCH3 is 2. The minimum absolute atomic E-state index is 0.0333. The zero-order valence-electron chi connectivity index (χ0n) is 11.4. The largest absolute Gasteiger partial charge is 0.493 e. The first-order chi connectivity index (χ1) is 9.08. The number of ketones is 1. The molecule has 1 aromatic heterocycles. The molecule has 2 rings (SSSR count). The summed E-state index contributed by atoms with van der Waals surface area (Å²) in [5.41, 5.74) is 2.54. The summed E-state index contributed by atoms with van der Waals surface area (Å²) in [6.07, 6.45) is 0. The molecule has 0 amide bonds. The third kappa shape index (κ3) is 2.49. The van der Waals surface area contributed by atoms with Gasteiger partial charge in [-0.3, -0.25) is 4.79 Å². The van der Waals surface area contributed by atoms with Gasteiger partial charge in [-0.25, -0.2) is 0 Å². The third-order valence-corrected chi connectivity index (χ3v) is 4.06. The Morgan fingerprint density at radius 3 is 2.21 bits per heavy atom. The maximum absolute atomic E-state index is 12.5. The molecule has 2 aromatic rings. The number of thiophene rings is 1. The van der Waals surface area contributed by atoms with E-state index >= 15 is 0 Å². The molecule has 0 radical (unpaired) electrons. The van der Waals surface area contributed by atoms with Gasteiger partial charge in [0.1, 0.15) is 0 Å². The van der Waals surface area contributed by atoms with E-state index in [2.05, 4.69) is 0 Å². The SMILES string of the molecule is COc1cc(C)c(C(=O)c2sccc2C)cc1OC. The molecule has 100 valence electrons. The van der Waals surface area contributed by atoms with Gasteiger partial charge in [0.2, 0.25) is 5.78 Å². The van der Waals surface area contributed by atoms with Crippen LogP contribution in [-0.4, -0.2) is 20.0 Å². The van der Waals surface area contributed by atoms with E-state index in [0.717, 1.165) is 16.0 Å². The molecule has 0 bridgehead atoms. The van der Waals surface area contributed by atoms with Crippen molar-refractivity contribution >= 4 is 17.1 Å². The number of rotatable bonds is 4. The van der Waals surface area contributed by atoms with Gasteiger partial charge in [0, 0.05) is 5.56 Å². The Kier molecular flexibility index (Phi) is 3.90. The van der Waals surface area contributed by atoms with Gasteiger partial charge in [0.05, 0.1) is 19.1 Å². The predicted octanol–water partition coefficient (Wildman–Crippen LogP) is 3.61. The second kappa shape index (κ2) is 5.45. The normalized spacial score (nSPS) is 10.3. The first-order valence-corrected chi connectivity index (χ1v) is 6.78. The molecular formula is C15H16O3S. The number of benzene rings is 1. The van der Waals surface area contributed by atoms with E-state index in [-0.39, 0.29) is 5.78 Å². The van der Waals surface area contributed by atoms with E-state index < -0.39 is 0 Å². The highest BCUT2D eigenvalue weighted by molar-refractivity contribution is 7.12. The Morgan fingerprint density at radius 2 is 1.68 bits per heavy atom. The molecule has 1 heterocycles. The van der Waals surface area contributed by atoms with Crippen LogP contribution in [0.4, 0.5) is 0 Å². The molecule has 19 heavy (non-hydrogen) atoms. The highest BCUT2D eigenvalue weighted by Gasteiger charge is 2.18. The van der Waals surface area contributed by atoms with Gasteiger partial charge in [0.25, 0.3) is 0 Å². The average molecular weight is 276 g/mol. The van der Waals surface area contributed by atoms with E-state index in [0.29, 0.717) is 17.1 Å². The predicted molar refractivity (Wildman–Crippen MR) is 76.8 cm³/mol. The fraction of sp³-hybridized carbons (Fsp3) is 0.267. The van der Waals surface area contributed by atoms with Crippen LogP contribution in [0.25, 0.3) is 0 Å². The number of ether oxygens (including phenoxy) is 2. The van der Waals surface area contributed by atoms with Crippen molar-refractivity contribution in [1.29, 1.82) is 0 Å². The molecule has 0 aliphatic carbocycles. The van der Waals surface area contributed by atoms with Crippen molar-refractivity contribution in [2.45, 2.75) is 13.8 Å². The van der Waals surface area contributed by atoms with Crippen molar-refractivity contribution in [3.05, 3.63) is 45.1 Å². The van der Waals surface area contributed by atoms with Crippen LogP contribution < -0.4 is 9.47 Å². The van der Waals surface area contributed by atoms with Crippen LogP contribution in [0.1, 0.15) is 26.4 Å². The van der Waals surface area contributed by atoms with E-state index in [1.807, 2.05) is 31.4 Å². The standard InChI is InChI=1S/C15H16O3S/c1-9-5-6-19-15(9)14(16)11-8-13(18-4)12(17-3)7-10(11)2/h5-8H,1-4H3. The molecule has 0 spiro atoms. The van der Waals surface area contributed by atoms with Crippen molar-refractivity contribution in [3.63, 3.8) is 0 Å². The van der Waals surface area contributed by atoms with Crippen LogP contribution in [0, 0.1) is 13.8 Å². The summed E-state index contributed by atoms with van der Waals surface area (Å²) in [4.78, 5) is 13.3.